The standard InChI is InChI=1S/C13H16N2O2/c1-3-9(2)13(17)15-8-12(16)14-10-6-4-5-7-11(10)15/h4-7,9H,3,8H2,1-2H3,(H,14,16). The third-order valence-corrected chi connectivity index (χ3v) is 3.07. The molecule has 1 unspecified atom stereocenters. The summed E-state index contributed by atoms with van der Waals surface area (Å²) in [5.74, 6) is -0.191. The van der Waals surface area contributed by atoms with Gasteiger partial charge < -0.3 is 10.2 Å². The number of hydrogen-bond donors (Lipinski definition) is 1. The molecular weight excluding hydrogens is 216 g/mol. The molecule has 0 fully saturated rings. The van der Waals surface area contributed by atoms with Crippen LogP contribution in [0.1, 0.15) is 20.3 Å². The minimum atomic E-state index is -0.139. The number of benzene rings is 1. The van der Waals surface area contributed by atoms with E-state index in [2.05, 4.69) is 5.32 Å². The maximum Gasteiger partial charge on any atom is 0.244 e. The number of nitrogens with one attached hydrogen (secondary N) is 1. The van der Waals surface area contributed by atoms with E-state index in [0.29, 0.717) is 5.69 Å². The van der Waals surface area contributed by atoms with Crippen molar-refractivity contribution in [2.75, 3.05) is 16.8 Å². The van der Waals surface area contributed by atoms with E-state index in [1.165, 1.54) is 0 Å². The SMILES string of the molecule is CCC(C)C(=O)N1CC(=O)Nc2ccccc21. The highest BCUT2D eigenvalue weighted by Gasteiger charge is 2.28. The normalized spacial score (nSPS) is 16.1. The summed E-state index contributed by atoms with van der Waals surface area (Å²) < 4.78 is 0. The van der Waals surface area contributed by atoms with Crippen LogP contribution >= 0.6 is 0 Å². The van der Waals surface area contributed by atoms with E-state index >= 15 is 0 Å². The fraction of sp³-hybridized carbons (Fsp3) is 0.385. The molecule has 0 aliphatic carbocycles. The minimum Gasteiger partial charge on any atom is -0.323 e. The molecule has 2 amide bonds. The number of rotatable bonds is 2. The molecule has 1 aromatic carbocycles. The fourth-order valence-corrected chi connectivity index (χ4v) is 1.87. The maximum atomic E-state index is 12.2. The Balaban J connectivity index is 2.36. The third-order valence-electron chi connectivity index (χ3n) is 3.07. The lowest BCUT2D eigenvalue weighted by atomic mass is 10.1. The number of para-hydroxylation sites is 2. The zero-order valence-electron chi connectivity index (χ0n) is 10.1. The fourth-order valence-electron chi connectivity index (χ4n) is 1.87. The maximum absolute atomic E-state index is 12.2. The van der Waals surface area contributed by atoms with Crippen LogP contribution in [0.3, 0.4) is 0 Å². The first-order chi connectivity index (χ1) is 8.13. The molecule has 0 bridgehead atoms. The zero-order valence-corrected chi connectivity index (χ0v) is 10.1. The summed E-state index contributed by atoms with van der Waals surface area (Å²) in [5.41, 5.74) is 1.50. The summed E-state index contributed by atoms with van der Waals surface area (Å²) in [6, 6.07) is 7.38. The van der Waals surface area contributed by atoms with Gasteiger partial charge in [0.05, 0.1) is 11.4 Å². The molecular formula is C13H16N2O2. The number of carbonyl (C=O) groups is 2. The van der Waals surface area contributed by atoms with Crippen LogP contribution in [0.4, 0.5) is 11.4 Å². The summed E-state index contributed by atoms with van der Waals surface area (Å²) >= 11 is 0. The Bertz CT molecular complexity index is 456. The molecule has 1 aliphatic heterocycles. The minimum absolute atomic E-state index is 0.00907. The van der Waals surface area contributed by atoms with Crippen LogP contribution in [0.2, 0.25) is 0 Å². The smallest absolute Gasteiger partial charge is 0.244 e. The molecule has 1 aliphatic rings. The number of nitrogens with zero attached hydrogens (tertiary/aromatic N) is 1. The van der Waals surface area contributed by atoms with Gasteiger partial charge in [0.15, 0.2) is 0 Å². The quantitative estimate of drug-likeness (QED) is 0.848. The highest BCUT2D eigenvalue weighted by Crippen LogP contribution is 2.30. The van der Waals surface area contributed by atoms with E-state index < -0.39 is 0 Å². The second-order valence-electron chi connectivity index (χ2n) is 4.30. The van der Waals surface area contributed by atoms with Crippen LogP contribution in [0.25, 0.3) is 0 Å². The second-order valence-corrected chi connectivity index (χ2v) is 4.30. The highest BCUT2D eigenvalue weighted by molar-refractivity contribution is 6.10. The summed E-state index contributed by atoms with van der Waals surface area (Å²) in [4.78, 5) is 25.3. The largest absolute Gasteiger partial charge is 0.323 e. The van der Waals surface area contributed by atoms with E-state index in [0.717, 1.165) is 12.1 Å². The van der Waals surface area contributed by atoms with Gasteiger partial charge in [-0.15, -0.1) is 0 Å². The average Bonchev–Trinajstić information content (AvgIpc) is 2.35. The molecule has 1 atom stereocenters. The molecule has 0 spiro atoms. The molecule has 1 aromatic rings. The molecule has 2 rings (SSSR count). The summed E-state index contributed by atoms with van der Waals surface area (Å²) in [7, 11) is 0. The van der Waals surface area contributed by atoms with Gasteiger partial charge in [-0.05, 0) is 18.6 Å². The molecule has 0 saturated heterocycles. The van der Waals surface area contributed by atoms with Gasteiger partial charge in [-0.3, -0.25) is 9.59 Å². The van der Waals surface area contributed by atoms with Crippen LogP contribution in [0, 0.1) is 5.92 Å². The van der Waals surface area contributed by atoms with Crippen molar-refractivity contribution in [1.82, 2.24) is 0 Å². The van der Waals surface area contributed by atoms with Crippen LogP contribution < -0.4 is 10.2 Å². The van der Waals surface area contributed by atoms with E-state index in [1.807, 2.05) is 38.1 Å². The first-order valence-corrected chi connectivity index (χ1v) is 5.83. The van der Waals surface area contributed by atoms with Gasteiger partial charge in [0, 0.05) is 5.92 Å². The topological polar surface area (TPSA) is 49.4 Å². The van der Waals surface area contributed by atoms with E-state index in [-0.39, 0.29) is 24.3 Å². The lowest BCUT2D eigenvalue weighted by Crippen LogP contribution is -2.44. The Morgan fingerprint density at radius 2 is 2.18 bits per heavy atom. The van der Waals surface area contributed by atoms with Gasteiger partial charge in [-0.1, -0.05) is 26.0 Å². The first kappa shape index (κ1) is 11.6. The lowest BCUT2D eigenvalue weighted by molar-refractivity contribution is -0.124. The van der Waals surface area contributed by atoms with E-state index in [9.17, 15) is 9.59 Å². The van der Waals surface area contributed by atoms with Crippen molar-refractivity contribution in [3.8, 4) is 0 Å². The molecule has 90 valence electrons. The molecule has 1 heterocycles. The molecule has 0 aromatic heterocycles. The summed E-state index contributed by atoms with van der Waals surface area (Å²) in [5, 5.41) is 2.77. The van der Waals surface area contributed by atoms with Crippen molar-refractivity contribution in [2.45, 2.75) is 20.3 Å². The van der Waals surface area contributed by atoms with Crippen molar-refractivity contribution < 1.29 is 9.59 Å². The number of carbonyl (C=O) groups excluding carboxylic acids is 2. The predicted molar refractivity (Wildman–Crippen MR) is 66.9 cm³/mol. The monoisotopic (exact) mass is 232 g/mol. The van der Waals surface area contributed by atoms with Crippen molar-refractivity contribution in [1.29, 1.82) is 0 Å². The Kier molecular flexibility index (Phi) is 3.13. The second kappa shape index (κ2) is 4.57. The Morgan fingerprint density at radius 1 is 1.47 bits per heavy atom. The van der Waals surface area contributed by atoms with Crippen molar-refractivity contribution >= 4 is 23.2 Å². The Morgan fingerprint density at radius 3 is 2.88 bits per heavy atom. The first-order valence-electron chi connectivity index (χ1n) is 5.83. The number of hydrogen-bond acceptors (Lipinski definition) is 2. The average molecular weight is 232 g/mol. The molecule has 4 nitrogen and oxygen atoms in total. The van der Waals surface area contributed by atoms with Crippen molar-refractivity contribution in [2.24, 2.45) is 5.92 Å². The molecule has 17 heavy (non-hydrogen) atoms. The van der Waals surface area contributed by atoms with Gasteiger partial charge in [0.25, 0.3) is 0 Å². The lowest BCUT2D eigenvalue weighted by Gasteiger charge is -2.30. The molecule has 1 N–H and O–H groups in total. The van der Waals surface area contributed by atoms with Crippen LogP contribution in [-0.2, 0) is 9.59 Å². The van der Waals surface area contributed by atoms with Gasteiger partial charge in [0.2, 0.25) is 11.8 Å². The van der Waals surface area contributed by atoms with E-state index in [4.69, 9.17) is 0 Å². The number of anilines is 2. The third kappa shape index (κ3) is 2.16. The predicted octanol–water partition coefficient (Wildman–Crippen LogP) is 2.02. The molecule has 0 radical (unpaired) electrons. The number of fused-ring (bicyclic) bond motifs is 1. The van der Waals surface area contributed by atoms with Crippen LogP contribution in [0.15, 0.2) is 24.3 Å². The van der Waals surface area contributed by atoms with Gasteiger partial charge in [0.1, 0.15) is 6.54 Å². The van der Waals surface area contributed by atoms with Crippen molar-refractivity contribution in [3.05, 3.63) is 24.3 Å². The van der Waals surface area contributed by atoms with Gasteiger partial charge >= 0.3 is 0 Å². The Labute approximate surface area is 101 Å². The highest BCUT2D eigenvalue weighted by atomic mass is 16.2. The van der Waals surface area contributed by atoms with Gasteiger partial charge in [-0.25, -0.2) is 0 Å². The van der Waals surface area contributed by atoms with Crippen LogP contribution in [0.5, 0.6) is 0 Å². The van der Waals surface area contributed by atoms with Crippen LogP contribution in [-0.4, -0.2) is 18.4 Å². The zero-order chi connectivity index (χ0) is 12.4. The molecule has 0 saturated carbocycles. The molecule has 4 heteroatoms. The number of amides is 2. The van der Waals surface area contributed by atoms with Crippen molar-refractivity contribution in [3.63, 3.8) is 0 Å². The summed E-state index contributed by atoms with van der Waals surface area (Å²) in [6.45, 7) is 3.97. The van der Waals surface area contributed by atoms with E-state index in [1.54, 1.807) is 4.90 Å². The van der Waals surface area contributed by atoms with Gasteiger partial charge in [-0.2, -0.15) is 0 Å². The Hall–Kier alpha value is -1.84. The summed E-state index contributed by atoms with van der Waals surface area (Å²) in [6.07, 6.45) is 0.777.